The summed E-state index contributed by atoms with van der Waals surface area (Å²) in [6.07, 6.45) is 5.32. The minimum absolute atomic E-state index is 0.00638. The molecule has 1 amide bonds. The third-order valence-electron chi connectivity index (χ3n) is 4.43. The zero-order chi connectivity index (χ0) is 20.9. The maximum absolute atomic E-state index is 12.6. The van der Waals surface area contributed by atoms with E-state index in [1.807, 2.05) is 59.3 Å². The Labute approximate surface area is 183 Å². The van der Waals surface area contributed by atoms with Crippen molar-refractivity contribution in [3.8, 4) is 11.4 Å². The quantitative estimate of drug-likeness (QED) is 0.410. The van der Waals surface area contributed by atoms with Crippen molar-refractivity contribution in [1.82, 2.24) is 29.4 Å². The molecule has 152 valence electrons. The van der Waals surface area contributed by atoms with Crippen LogP contribution >= 0.6 is 23.4 Å². The van der Waals surface area contributed by atoms with Gasteiger partial charge in [-0.3, -0.25) is 9.36 Å². The van der Waals surface area contributed by atoms with E-state index in [4.69, 9.17) is 11.6 Å². The molecule has 9 heteroatoms. The first-order valence-corrected chi connectivity index (χ1v) is 10.6. The Bertz CT molecular complexity index is 1140. The Morgan fingerprint density at radius 1 is 1.13 bits per heavy atom. The zero-order valence-electron chi connectivity index (χ0n) is 16.2. The Balaban J connectivity index is 1.36. The molecule has 0 bridgehead atoms. The molecule has 0 aliphatic carbocycles. The summed E-state index contributed by atoms with van der Waals surface area (Å²) in [6.45, 7) is 0.479. The van der Waals surface area contributed by atoms with Crippen LogP contribution in [-0.2, 0) is 11.3 Å². The van der Waals surface area contributed by atoms with Crippen LogP contribution in [0.5, 0.6) is 0 Å². The first-order valence-electron chi connectivity index (χ1n) is 9.22. The zero-order valence-corrected chi connectivity index (χ0v) is 17.8. The third kappa shape index (κ3) is 4.72. The fourth-order valence-corrected chi connectivity index (χ4v) is 3.94. The van der Waals surface area contributed by atoms with Crippen LogP contribution in [0.25, 0.3) is 11.4 Å². The van der Waals surface area contributed by atoms with Crippen LogP contribution in [0.1, 0.15) is 5.56 Å². The van der Waals surface area contributed by atoms with Crippen molar-refractivity contribution >= 4 is 29.3 Å². The maximum atomic E-state index is 12.6. The van der Waals surface area contributed by atoms with E-state index in [0.29, 0.717) is 16.7 Å². The van der Waals surface area contributed by atoms with E-state index in [0.717, 1.165) is 16.9 Å². The second kappa shape index (κ2) is 9.15. The topological polar surface area (TPSA) is 68.8 Å². The Kier molecular flexibility index (Phi) is 6.15. The molecule has 0 aliphatic heterocycles. The van der Waals surface area contributed by atoms with Gasteiger partial charge in [-0.05, 0) is 30.3 Å². The lowest BCUT2D eigenvalue weighted by atomic mass is 10.3. The van der Waals surface area contributed by atoms with E-state index in [1.165, 1.54) is 11.8 Å². The molecule has 4 rings (SSSR count). The summed E-state index contributed by atoms with van der Waals surface area (Å²) in [5.74, 6) is 0.246. The molecular weight excluding hydrogens is 420 g/mol. The predicted molar refractivity (Wildman–Crippen MR) is 117 cm³/mol. The lowest BCUT2D eigenvalue weighted by Gasteiger charge is -2.16. The van der Waals surface area contributed by atoms with Gasteiger partial charge in [-0.15, -0.1) is 10.2 Å². The molecule has 0 fully saturated rings. The van der Waals surface area contributed by atoms with Crippen LogP contribution in [0.4, 0.5) is 0 Å². The lowest BCUT2D eigenvalue weighted by molar-refractivity contribution is -0.127. The molecule has 0 aliphatic rings. The number of carbonyl (C=O) groups excluding carboxylic acids is 1. The molecular formula is C21H19ClN6OS. The number of aromatic nitrogens is 5. The number of nitrogens with zero attached hydrogens (tertiary/aromatic N) is 6. The number of hydrogen-bond donors (Lipinski definition) is 0. The van der Waals surface area contributed by atoms with Gasteiger partial charge >= 0.3 is 0 Å². The molecule has 30 heavy (non-hydrogen) atoms. The molecule has 4 aromatic rings. The van der Waals surface area contributed by atoms with Crippen LogP contribution in [0, 0.1) is 0 Å². The molecule has 0 radical (unpaired) electrons. The van der Waals surface area contributed by atoms with Crippen LogP contribution in [0.2, 0.25) is 5.02 Å². The van der Waals surface area contributed by atoms with Gasteiger partial charge in [0.1, 0.15) is 6.33 Å². The highest BCUT2D eigenvalue weighted by Gasteiger charge is 2.14. The van der Waals surface area contributed by atoms with Gasteiger partial charge in [0.25, 0.3) is 0 Å². The van der Waals surface area contributed by atoms with Gasteiger partial charge in [0.15, 0.2) is 5.16 Å². The van der Waals surface area contributed by atoms with Crippen molar-refractivity contribution in [2.45, 2.75) is 11.7 Å². The molecule has 2 heterocycles. The number of amides is 1. The smallest absolute Gasteiger partial charge is 0.233 e. The number of thioether (sulfide) groups is 1. The summed E-state index contributed by atoms with van der Waals surface area (Å²) in [5.41, 5.74) is 2.79. The second-order valence-electron chi connectivity index (χ2n) is 6.63. The molecule has 0 saturated carbocycles. The van der Waals surface area contributed by atoms with Gasteiger partial charge in [0, 0.05) is 30.4 Å². The summed E-state index contributed by atoms with van der Waals surface area (Å²) in [4.78, 5) is 14.3. The van der Waals surface area contributed by atoms with E-state index < -0.39 is 0 Å². The standard InChI is InChI=1S/C21H19ClN6OS/c1-26(12-16-11-24-28(13-16)18-7-3-2-4-8-18)20(29)14-30-21-25-23-15-27(21)19-9-5-6-17(22)10-19/h2-11,13,15H,12,14H2,1H3. The van der Waals surface area contributed by atoms with E-state index in [2.05, 4.69) is 15.3 Å². The van der Waals surface area contributed by atoms with Gasteiger partial charge in [-0.2, -0.15) is 5.10 Å². The number of benzene rings is 2. The lowest BCUT2D eigenvalue weighted by Crippen LogP contribution is -2.27. The van der Waals surface area contributed by atoms with Crippen molar-refractivity contribution in [3.63, 3.8) is 0 Å². The van der Waals surface area contributed by atoms with Crippen molar-refractivity contribution < 1.29 is 4.79 Å². The summed E-state index contributed by atoms with van der Waals surface area (Å²) < 4.78 is 3.61. The third-order valence-corrected chi connectivity index (χ3v) is 5.59. The minimum Gasteiger partial charge on any atom is -0.341 e. The molecule has 0 N–H and O–H groups in total. The van der Waals surface area contributed by atoms with Crippen molar-refractivity contribution in [1.29, 1.82) is 0 Å². The SMILES string of the molecule is CN(Cc1cnn(-c2ccccc2)c1)C(=O)CSc1nncn1-c1cccc(Cl)c1. The Morgan fingerprint density at radius 3 is 2.73 bits per heavy atom. The van der Waals surface area contributed by atoms with Crippen LogP contribution in [0.3, 0.4) is 0 Å². The molecule has 0 unspecified atom stereocenters. The summed E-state index contributed by atoms with van der Waals surface area (Å²) in [6, 6.07) is 17.3. The molecule has 0 saturated heterocycles. The second-order valence-corrected chi connectivity index (χ2v) is 8.01. The van der Waals surface area contributed by atoms with Crippen molar-refractivity contribution in [2.75, 3.05) is 12.8 Å². The average molecular weight is 439 g/mol. The highest BCUT2D eigenvalue weighted by Crippen LogP contribution is 2.22. The highest BCUT2D eigenvalue weighted by molar-refractivity contribution is 7.99. The number of hydrogen-bond acceptors (Lipinski definition) is 5. The molecule has 2 aromatic carbocycles. The largest absolute Gasteiger partial charge is 0.341 e. The minimum atomic E-state index is -0.00638. The first kappa shape index (κ1) is 20.2. The van der Waals surface area contributed by atoms with Gasteiger partial charge in [-0.1, -0.05) is 47.6 Å². The molecule has 0 atom stereocenters. The monoisotopic (exact) mass is 438 g/mol. The Hall–Kier alpha value is -3.10. The molecule has 2 aromatic heterocycles. The van der Waals surface area contributed by atoms with Gasteiger partial charge in [-0.25, -0.2) is 4.68 Å². The number of para-hydroxylation sites is 1. The fourth-order valence-electron chi connectivity index (χ4n) is 2.89. The molecule has 7 nitrogen and oxygen atoms in total. The van der Waals surface area contributed by atoms with E-state index in [-0.39, 0.29) is 11.7 Å². The highest BCUT2D eigenvalue weighted by atomic mass is 35.5. The molecule has 0 spiro atoms. The predicted octanol–water partition coefficient (Wildman–Crippen LogP) is 3.86. The Morgan fingerprint density at radius 2 is 1.93 bits per heavy atom. The normalized spacial score (nSPS) is 10.9. The fraction of sp³-hybridized carbons (Fsp3) is 0.143. The number of halogens is 1. The van der Waals surface area contributed by atoms with E-state index in [1.54, 1.807) is 35.2 Å². The summed E-state index contributed by atoms with van der Waals surface area (Å²) in [7, 11) is 1.78. The number of rotatable bonds is 7. The van der Waals surface area contributed by atoms with Gasteiger partial charge in [0.05, 0.1) is 23.3 Å². The van der Waals surface area contributed by atoms with Crippen LogP contribution < -0.4 is 0 Å². The van der Waals surface area contributed by atoms with E-state index in [9.17, 15) is 4.79 Å². The summed E-state index contributed by atoms with van der Waals surface area (Å²) in [5, 5.41) is 13.7. The maximum Gasteiger partial charge on any atom is 0.233 e. The first-order chi connectivity index (χ1) is 14.6. The van der Waals surface area contributed by atoms with E-state index >= 15 is 0 Å². The van der Waals surface area contributed by atoms with Crippen molar-refractivity contribution in [3.05, 3.63) is 83.9 Å². The summed E-state index contributed by atoms with van der Waals surface area (Å²) >= 11 is 7.41. The van der Waals surface area contributed by atoms with Crippen LogP contribution in [0.15, 0.2) is 78.5 Å². The number of carbonyl (C=O) groups is 1. The van der Waals surface area contributed by atoms with Crippen molar-refractivity contribution in [2.24, 2.45) is 0 Å². The van der Waals surface area contributed by atoms with Crippen LogP contribution in [-0.4, -0.2) is 48.2 Å². The van der Waals surface area contributed by atoms with Gasteiger partial charge in [0.2, 0.25) is 5.91 Å². The average Bonchev–Trinajstić information content (AvgIpc) is 3.42. The van der Waals surface area contributed by atoms with Gasteiger partial charge < -0.3 is 4.90 Å².